The molecule has 0 N–H and O–H groups in total. The van der Waals surface area contributed by atoms with E-state index in [4.69, 9.17) is 0 Å². The van der Waals surface area contributed by atoms with E-state index in [0.717, 1.165) is 0 Å². The van der Waals surface area contributed by atoms with Crippen LogP contribution in [-0.2, 0) is 0 Å². The number of benzene rings is 3. The molecule has 4 rings (SSSR count). The molecule has 0 aliphatic rings. The van der Waals surface area contributed by atoms with Crippen molar-refractivity contribution in [2.24, 2.45) is 0 Å². The van der Waals surface area contributed by atoms with Gasteiger partial charge in [-0.1, -0.05) is 101 Å². The summed E-state index contributed by atoms with van der Waals surface area (Å²) in [7, 11) is 0. The Morgan fingerprint density at radius 1 is 0.633 bits per heavy atom. The van der Waals surface area contributed by atoms with Gasteiger partial charge >= 0.3 is 0 Å². The smallest absolute Gasteiger partial charge is 0.0543 e. The number of para-hydroxylation sites is 2. The molecule has 0 unspecified atom stereocenters. The first-order valence-electron chi connectivity index (χ1n) is 11.9. The van der Waals surface area contributed by atoms with E-state index < -0.39 is 0 Å². The summed E-state index contributed by atoms with van der Waals surface area (Å²) in [6, 6.07) is 26.8. The summed E-state index contributed by atoms with van der Waals surface area (Å²) in [5.74, 6) is 0.654. The number of fused-ring (bicyclic) bond motifs is 3. The van der Waals surface area contributed by atoms with Crippen LogP contribution in [0, 0.1) is 0 Å². The lowest BCUT2D eigenvalue weighted by molar-refractivity contribution is 0.509. The van der Waals surface area contributed by atoms with Crippen molar-refractivity contribution in [3.63, 3.8) is 0 Å². The fourth-order valence-electron chi connectivity index (χ4n) is 4.98. The first kappa shape index (κ1) is 20.7. The lowest BCUT2D eigenvalue weighted by Gasteiger charge is -2.19. The maximum Gasteiger partial charge on any atom is 0.0543 e. The van der Waals surface area contributed by atoms with Crippen molar-refractivity contribution < 1.29 is 0 Å². The van der Waals surface area contributed by atoms with Gasteiger partial charge in [0.2, 0.25) is 0 Å². The van der Waals surface area contributed by atoms with E-state index in [1.54, 1.807) is 5.56 Å². The van der Waals surface area contributed by atoms with Gasteiger partial charge < -0.3 is 4.57 Å². The molecule has 0 atom stereocenters. The number of rotatable bonds is 10. The highest BCUT2D eigenvalue weighted by Crippen LogP contribution is 2.39. The van der Waals surface area contributed by atoms with Gasteiger partial charge in [0.25, 0.3) is 0 Å². The monoisotopic (exact) mass is 397 g/mol. The molecule has 3 aromatic carbocycles. The van der Waals surface area contributed by atoms with Crippen molar-refractivity contribution in [2.45, 2.75) is 71.1 Å². The lowest BCUT2D eigenvalue weighted by Crippen LogP contribution is -2.01. The zero-order valence-corrected chi connectivity index (χ0v) is 18.6. The Hall–Kier alpha value is -2.54. The van der Waals surface area contributed by atoms with Gasteiger partial charge in [0.1, 0.15) is 0 Å². The predicted molar refractivity (Wildman–Crippen MR) is 132 cm³/mol. The van der Waals surface area contributed by atoms with E-state index >= 15 is 0 Å². The van der Waals surface area contributed by atoms with E-state index in [1.807, 2.05) is 0 Å². The van der Waals surface area contributed by atoms with Gasteiger partial charge in [-0.3, -0.25) is 0 Å². The minimum Gasteiger partial charge on any atom is -0.309 e. The van der Waals surface area contributed by atoms with Crippen LogP contribution >= 0.6 is 0 Å². The van der Waals surface area contributed by atoms with Crippen LogP contribution in [0.5, 0.6) is 0 Å². The first-order valence-corrected chi connectivity index (χ1v) is 11.9. The van der Waals surface area contributed by atoms with Crippen LogP contribution < -0.4 is 0 Å². The van der Waals surface area contributed by atoms with Crippen molar-refractivity contribution in [2.75, 3.05) is 0 Å². The second-order valence-corrected chi connectivity index (χ2v) is 8.62. The Morgan fingerprint density at radius 3 is 1.97 bits per heavy atom. The summed E-state index contributed by atoms with van der Waals surface area (Å²) in [5.41, 5.74) is 5.46. The summed E-state index contributed by atoms with van der Waals surface area (Å²) in [6.07, 6.45) is 10.5. The Kier molecular flexibility index (Phi) is 6.89. The maximum atomic E-state index is 2.45. The van der Waals surface area contributed by atoms with Gasteiger partial charge in [0.15, 0.2) is 0 Å². The van der Waals surface area contributed by atoms with Gasteiger partial charge in [-0.05, 0) is 48.6 Å². The fourth-order valence-corrected chi connectivity index (χ4v) is 4.98. The highest BCUT2D eigenvalue weighted by molar-refractivity contribution is 6.11. The molecule has 156 valence electrons. The van der Waals surface area contributed by atoms with Crippen molar-refractivity contribution in [3.8, 4) is 5.69 Å². The molecule has 30 heavy (non-hydrogen) atoms. The minimum atomic E-state index is 0.654. The number of nitrogens with zero attached hydrogens (tertiary/aromatic N) is 1. The van der Waals surface area contributed by atoms with Crippen molar-refractivity contribution in [3.05, 3.63) is 78.4 Å². The molecule has 0 spiro atoms. The molecule has 1 heterocycles. The molecule has 1 aromatic heterocycles. The van der Waals surface area contributed by atoms with Crippen molar-refractivity contribution >= 4 is 21.8 Å². The number of hydrogen-bond donors (Lipinski definition) is 0. The summed E-state index contributed by atoms with van der Waals surface area (Å²) in [4.78, 5) is 0. The first-order chi connectivity index (χ1) is 14.8. The van der Waals surface area contributed by atoms with Gasteiger partial charge in [-0.2, -0.15) is 0 Å². The summed E-state index contributed by atoms with van der Waals surface area (Å²) in [6.45, 7) is 4.61. The maximum absolute atomic E-state index is 2.45. The summed E-state index contributed by atoms with van der Waals surface area (Å²) < 4.78 is 2.45. The molecule has 0 saturated carbocycles. The molecule has 1 nitrogen and oxygen atoms in total. The number of unbranched alkanes of at least 4 members (excludes halogenated alkanes) is 4. The van der Waals surface area contributed by atoms with Crippen LogP contribution in [0.3, 0.4) is 0 Å². The van der Waals surface area contributed by atoms with E-state index in [2.05, 4.69) is 91.2 Å². The number of aromatic nitrogens is 1. The SMILES string of the molecule is CCCCCC(CCCCC)c1cccc2c1c1ccccc1n2-c1ccccc1. The standard InChI is InChI=1S/C29H35N/c1-3-5-8-15-23(16-9-6-4-2)25-20-14-22-28-29(25)26-19-12-13-21-27(26)30(28)24-17-10-7-11-18-24/h7,10-14,17-23H,3-6,8-9,15-16H2,1-2H3. The van der Waals surface area contributed by atoms with Crippen molar-refractivity contribution in [1.29, 1.82) is 0 Å². The van der Waals surface area contributed by atoms with Crippen LogP contribution in [0.2, 0.25) is 0 Å². The van der Waals surface area contributed by atoms with Gasteiger partial charge in [0, 0.05) is 16.5 Å². The predicted octanol–water partition coefficient (Wildman–Crippen LogP) is 9.03. The van der Waals surface area contributed by atoms with Crippen LogP contribution in [0.4, 0.5) is 0 Å². The molecule has 0 radical (unpaired) electrons. The largest absolute Gasteiger partial charge is 0.309 e. The van der Waals surface area contributed by atoms with Gasteiger partial charge in [-0.15, -0.1) is 0 Å². The zero-order chi connectivity index (χ0) is 20.8. The molecule has 4 aromatic rings. The van der Waals surface area contributed by atoms with E-state index in [1.165, 1.54) is 78.9 Å². The molecular formula is C29H35N. The average molecular weight is 398 g/mol. The molecule has 0 bridgehead atoms. The van der Waals surface area contributed by atoms with Crippen LogP contribution in [-0.4, -0.2) is 4.57 Å². The van der Waals surface area contributed by atoms with Crippen LogP contribution in [0.15, 0.2) is 72.8 Å². The Bertz CT molecular complexity index is 1060. The van der Waals surface area contributed by atoms with Crippen molar-refractivity contribution in [1.82, 2.24) is 4.57 Å². The fraction of sp³-hybridized carbons (Fsp3) is 0.379. The Morgan fingerprint density at radius 2 is 1.27 bits per heavy atom. The average Bonchev–Trinajstić information content (AvgIpc) is 3.13. The molecule has 0 fully saturated rings. The molecule has 0 aliphatic heterocycles. The van der Waals surface area contributed by atoms with E-state index in [-0.39, 0.29) is 0 Å². The van der Waals surface area contributed by atoms with Crippen LogP contribution in [0.1, 0.15) is 76.7 Å². The quantitative estimate of drug-likeness (QED) is 0.235. The molecule has 0 aliphatic carbocycles. The topological polar surface area (TPSA) is 4.93 Å². The summed E-state index contributed by atoms with van der Waals surface area (Å²) >= 11 is 0. The lowest BCUT2D eigenvalue weighted by atomic mass is 9.86. The second kappa shape index (κ2) is 9.98. The molecule has 1 heteroatoms. The summed E-state index contributed by atoms with van der Waals surface area (Å²) in [5, 5.41) is 2.86. The third kappa shape index (κ3) is 4.17. The third-order valence-corrected chi connectivity index (χ3v) is 6.50. The van der Waals surface area contributed by atoms with Crippen LogP contribution in [0.25, 0.3) is 27.5 Å². The second-order valence-electron chi connectivity index (χ2n) is 8.62. The molecule has 0 amide bonds. The molecule has 0 saturated heterocycles. The van der Waals surface area contributed by atoms with E-state index in [0.29, 0.717) is 5.92 Å². The zero-order valence-electron chi connectivity index (χ0n) is 18.6. The molecular weight excluding hydrogens is 362 g/mol. The highest BCUT2D eigenvalue weighted by atomic mass is 15.0. The van der Waals surface area contributed by atoms with Gasteiger partial charge in [-0.25, -0.2) is 0 Å². The van der Waals surface area contributed by atoms with E-state index in [9.17, 15) is 0 Å². The Balaban J connectivity index is 1.88. The van der Waals surface area contributed by atoms with Gasteiger partial charge in [0.05, 0.1) is 11.0 Å². The highest BCUT2D eigenvalue weighted by Gasteiger charge is 2.19. The number of hydrogen-bond acceptors (Lipinski definition) is 0. The Labute approximate surface area is 181 Å². The normalized spacial score (nSPS) is 11.7. The minimum absolute atomic E-state index is 0.654. The third-order valence-electron chi connectivity index (χ3n) is 6.50.